The van der Waals surface area contributed by atoms with Gasteiger partial charge in [0, 0.05) is 32.3 Å². The predicted octanol–water partition coefficient (Wildman–Crippen LogP) is 1.34. The van der Waals surface area contributed by atoms with Gasteiger partial charge in [-0.3, -0.25) is 0 Å². The molecule has 1 saturated heterocycles. The van der Waals surface area contributed by atoms with Crippen molar-refractivity contribution in [1.82, 2.24) is 10.2 Å². The lowest BCUT2D eigenvalue weighted by atomic mass is 10.00. The third-order valence-electron chi connectivity index (χ3n) is 3.28. The summed E-state index contributed by atoms with van der Waals surface area (Å²) in [5, 5.41) is 3.76. The molecule has 0 radical (unpaired) electrons. The first-order chi connectivity index (χ1) is 7.13. The third kappa shape index (κ3) is 4.49. The van der Waals surface area contributed by atoms with Crippen LogP contribution in [0.3, 0.4) is 0 Å². The van der Waals surface area contributed by atoms with Crippen molar-refractivity contribution in [2.45, 2.75) is 38.8 Å². The summed E-state index contributed by atoms with van der Waals surface area (Å²) < 4.78 is 5.16. The van der Waals surface area contributed by atoms with E-state index >= 15 is 0 Å². The monoisotopic (exact) mass is 214 g/mol. The maximum Gasteiger partial charge on any atom is 0.0477 e. The highest BCUT2D eigenvalue weighted by molar-refractivity contribution is 4.83. The van der Waals surface area contributed by atoms with Gasteiger partial charge in [-0.25, -0.2) is 0 Å². The summed E-state index contributed by atoms with van der Waals surface area (Å²) in [6.45, 7) is 7.85. The molecule has 0 saturated carbocycles. The molecule has 0 bridgehead atoms. The van der Waals surface area contributed by atoms with E-state index in [1.54, 1.807) is 7.11 Å². The number of hydrogen-bond donors (Lipinski definition) is 1. The lowest BCUT2D eigenvalue weighted by molar-refractivity contribution is 0.170. The largest absolute Gasteiger partial charge is 0.385 e. The number of nitrogens with zero attached hydrogens (tertiary/aromatic N) is 1. The molecule has 1 aliphatic rings. The Kier molecular flexibility index (Phi) is 5.58. The van der Waals surface area contributed by atoms with Crippen molar-refractivity contribution >= 4 is 0 Å². The maximum absolute atomic E-state index is 5.16. The zero-order valence-electron chi connectivity index (χ0n) is 10.6. The molecule has 0 aromatic heterocycles. The fourth-order valence-corrected chi connectivity index (χ4v) is 2.23. The summed E-state index contributed by atoms with van der Waals surface area (Å²) in [4.78, 5) is 2.39. The Bertz CT molecular complexity index is 173. The Hall–Kier alpha value is -0.120. The average molecular weight is 214 g/mol. The number of methoxy groups -OCH3 is 1. The fourth-order valence-electron chi connectivity index (χ4n) is 2.23. The predicted molar refractivity (Wildman–Crippen MR) is 64.2 cm³/mol. The van der Waals surface area contributed by atoms with Crippen molar-refractivity contribution in [3.8, 4) is 0 Å². The summed E-state index contributed by atoms with van der Waals surface area (Å²) in [6.07, 6.45) is 2.40. The molecule has 90 valence electrons. The second kappa shape index (κ2) is 6.46. The van der Waals surface area contributed by atoms with Gasteiger partial charge in [0.05, 0.1) is 0 Å². The maximum atomic E-state index is 5.16. The molecule has 15 heavy (non-hydrogen) atoms. The van der Waals surface area contributed by atoms with Crippen molar-refractivity contribution in [2.75, 3.05) is 33.9 Å². The Morgan fingerprint density at radius 3 is 2.67 bits per heavy atom. The van der Waals surface area contributed by atoms with Crippen LogP contribution >= 0.6 is 0 Å². The molecule has 0 spiro atoms. The van der Waals surface area contributed by atoms with Gasteiger partial charge in [-0.1, -0.05) is 13.8 Å². The molecule has 3 nitrogen and oxygen atoms in total. The Balaban J connectivity index is 2.30. The van der Waals surface area contributed by atoms with Crippen molar-refractivity contribution in [2.24, 2.45) is 5.92 Å². The summed E-state index contributed by atoms with van der Waals surface area (Å²) in [5.74, 6) is 0.686. The van der Waals surface area contributed by atoms with Crippen LogP contribution in [0.5, 0.6) is 0 Å². The minimum Gasteiger partial charge on any atom is -0.385 e. The zero-order chi connectivity index (χ0) is 11.3. The zero-order valence-corrected chi connectivity index (χ0v) is 10.6. The highest BCUT2D eigenvalue weighted by Crippen LogP contribution is 2.12. The van der Waals surface area contributed by atoms with E-state index in [2.05, 4.69) is 31.1 Å². The first-order valence-electron chi connectivity index (χ1n) is 6.07. The van der Waals surface area contributed by atoms with E-state index in [1.165, 1.54) is 19.5 Å². The van der Waals surface area contributed by atoms with Gasteiger partial charge >= 0.3 is 0 Å². The number of hydrogen-bond acceptors (Lipinski definition) is 3. The van der Waals surface area contributed by atoms with E-state index in [1.807, 2.05) is 0 Å². The van der Waals surface area contributed by atoms with Crippen LogP contribution in [0.1, 0.15) is 26.7 Å². The van der Waals surface area contributed by atoms with E-state index in [0.29, 0.717) is 18.0 Å². The third-order valence-corrected chi connectivity index (χ3v) is 3.28. The van der Waals surface area contributed by atoms with Crippen LogP contribution in [0.2, 0.25) is 0 Å². The van der Waals surface area contributed by atoms with E-state index in [4.69, 9.17) is 4.74 Å². The minimum atomic E-state index is 0.599. The van der Waals surface area contributed by atoms with Crippen LogP contribution in [-0.2, 0) is 4.74 Å². The molecule has 2 unspecified atom stereocenters. The summed E-state index contributed by atoms with van der Waals surface area (Å²) >= 11 is 0. The molecule has 0 aliphatic carbocycles. The number of ether oxygens (including phenoxy) is 1. The lowest BCUT2D eigenvalue weighted by Crippen LogP contribution is -2.43. The van der Waals surface area contributed by atoms with Gasteiger partial charge in [-0.05, 0) is 32.4 Å². The quantitative estimate of drug-likeness (QED) is 0.722. The van der Waals surface area contributed by atoms with Crippen LogP contribution in [0.4, 0.5) is 0 Å². The molecule has 1 heterocycles. The first-order valence-corrected chi connectivity index (χ1v) is 6.07. The number of likely N-dealkylation sites (tertiary alicyclic amines) is 1. The summed E-state index contributed by atoms with van der Waals surface area (Å²) in [6, 6.07) is 1.28. The lowest BCUT2D eigenvalue weighted by Gasteiger charge is -2.26. The van der Waals surface area contributed by atoms with Crippen molar-refractivity contribution in [3.63, 3.8) is 0 Å². The van der Waals surface area contributed by atoms with Crippen LogP contribution in [0, 0.1) is 5.92 Å². The first kappa shape index (κ1) is 12.9. The molecular formula is C12H26N2O. The standard InChI is InChI=1S/C12H26N2O/c1-10(2)12(6-8-15-4)13-11-5-7-14(3)9-11/h10-13H,5-9H2,1-4H3. The molecule has 1 aliphatic heterocycles. The van der Waals surface area contributed by atoms with Crippen molar-refractivity contribution in [1.29, 1.82) is 0 Å². The molecule has 1 N–H and O–H groups in total. The topological polar surface area (TPSA) is 24.5 Å². The Labute approximate surface area is 94.2 Å². The average Bonchev–Trinajstić information content (AvgIpc) is 2.58. The molecular weight excluding hydrogens is 188 g/mol. The Morgan fingerprint density at radius 1 is 1.47 bits per heavy atom. The van der Waals surface area contributed by atoms with E-state index in [-0.39, 0.29) is 0 Å². The molecule has 3 heteroatoms. The SMILES string of the molecule is COCCC(NC1CCN(C)C1)C(C)C. The van der Waals surface area contributed by atoms with Crippen LogP contribution in [-0.4, -0.2) is 50.8 Å². The number of rotatable bonds is 6. The number of likely N-dealkylation sites (N-methyl/N-ethyl adjacent to an activating group) is 1. The Morgan fingerprint density at radius 2 is 2.20 bits per heavy atom. The highest BCUT2D eigenvalue weighted by atomic mass is 16.5. The second-order valence-corrected chi connectivity index (χ2v) is 5.05. The smallest absolute Gasteiger partial charge is 0.0477 e. The van der Waals surface area contributed by atoms with Crippen molar-refractivity contribution < 1.29 is 4.74 Å². The molecule has 1 rings (SSSR count). The van der Waals surface area contributed by atoms with Gasteiger partial charge < -0.3 is 15.0 Å². The molecule has 1 fully saturated rings. The van der Waals surface area contributed by atoms with Crippen LogP contribution < -0.4 is 5.32 Å². The molecule has 2 atom stereocenters. The fraction of sp³-hybridized carbons (Fsp3) is 1.00. The molecule has 0 aromatic carbocycles. The van der Waals surface area contributed by atoms with Crippen LogP contribution in [0.15, 0.2) is 0 Å². The van der Waals surface area contributed by atoms with Gasteiger partial charge in [0.2, 0.25) is 0 Å². The molecule has 0 amide bonds. The van der Waals surface area contributed by atoms with Crippen LogP contribution in [0.25, 0.3) is 0 Å². The van der Waals surface area contributed by atoms with E-state index in [0.717, 1.165) is 13.0 Å². The van der Waals surface area contributed by atoms with Gasteiger partial charge in [-0.2, -0.15) is 0 Å². The summed E-state index contributed by atoms with van der Waals surface area (Å²) in [7, 11) is 3.97. The molecule has 0 aromatic rings. The van der Waals surface area contributed by atoms with Gasteiger partial charge in [0.15, 0.2) is 0 Å². The normalized spacial score (nSPS) is 25.0. The second-order valence-electron chi connectivity index (χ2n) is 5.05. The summed E-state index contributed by atoms with van der Waals surface area (Å²) in [5.41, 5.74) is 0. The van der Waals surface area contributed by atoms with E-state index in [9.17, 15) is 0 Å². The van der Waals surface area contributed by atoms with E-state index < -0.39 is 0 Å². The number of nitrogens with one attached hydrogen (secondary N) is 1. The highest BCUT2D eigenvalue weighted by Gasteiger charge is 2.23. The van der Waals surface area contributed by atoms with Crippen molar-refractivity contribution in [3.05, 3.63) is 0 Å². The van der Waals surface area contributed by atoms with Gasteiger partial charge in [-0.15, -0.1) is 0 Å². The van der Waals surface area contributed by atoms with Gasteiger partial charge in [0.25, 0.3) is 0 Å². The van der Waals surface area contributed by atoms with Gasteiger partial charge in [0.1, 0.15) is 0 Å². The minimum absolute atomic E-state index is 0.599.